The van der Waals surface area contributed by atoms with Crippen molar-refractivity contribution in [2.24, 2.45) is 0 Å². The molecule has 0 aromatic heterocycles. The quantitative estimate of drug-likeness (QED) is 0.337. The van der Waals surface area contributed by atoms with Crippen LogP contribution in [0.25, 0.3) is 0 Å². The van der Waals surface area contributed by atoms with Gasteiger partial charge in [0.2, 0.25) is 5.91 Å². The molecule has 1 aromatic carbocycles. The minimum Gasteiger partial charge on any atom is -0.383 e. The standard InChI is InChI=1S/C13H18N2O4/c16-11(8-4-5-9-12(17)15-19)13(18)14-10-6-2-1-3-7-10/h1-3,6-7,11,16,19H,4-5,8-9H2,(H,14,18)(H,15,17). The number of nitrogens with one attached hydrogen (secondary N) is 2. The van der Waals surface area contributed by atoms with Gasteiger partial charge in [0, 0.05) is 12.1 Å². The van der Waals surface area contributed by atoms with Crippen molar-refractivity contribution >= 4 is 17.5 Å². The number of carbonyl (C=O) groups is 2. The van der Waals surface area contributed by atoms with Crippen molar-refractivity contribution in [1.29, 1.82) is 0 Å². The van der Waals surface area contributed by atoms with Crippen LogP contribution in [0.3, 0.4) is 0 Å². The molecule has 0 saturated heterocycles. The summed E-state index contributed by atoms with van der Waals surface area (Å²) in [6, 6.07) is 8.87. The summed E-state index contributed by atoms with van der Waals surface area (Å²) in [4.78, 5) is 22.3. The molecule has 1 rings (SSSR count). The average molecular weight is 266 g/mol. The number of anilines is 1. The van der Waals surface area contributed by atoms with Gasteiger partial charge in [-0.05, 0) is 31.4 Å². The maximum atomic E-state index is 11.6. The summed E-state index contributed by atoms with van der Waals surface area (Å²) in [5, 5.41) is 20.5. The van der Waals surface area contributed by atoms with E-state index in [-0.39, 0.29) is 12.8 Å². The molecule has 6 heteroatoms. The smallest absolute Gasteiger partial charge is 0.253 e. The van der Waals surface area contributed by atoms with Crippen LogP contribution in [0.15, 0.2) is 30.3 Å². The molecule has 0 aliphatic carbocycles. The third-order valence-electron chi connectivity index (χ3n) is 2.60. The molecule has 0 aliphatic heterocycles. The number of amides is 2. The second-order valence-electron chi connectivity index (χ2n) is 4.15. The maximum absolute atomic E-state index is 11.6. The fourth-order valence-corrected chi connectivity index (χ4v) is 1.56. The highest BCUT2D eigenvalue weighted by Crippen LogP contribution is 2.09. The molecule has 4 N–H and O–H groups in total. The fraction of sp³-hybridized carbons (Fsp3) is 0.385. The van der Waals surface area contributed by atoms with Gasteiger partial charge in [-0.1, -0.05) is 18.2 Å². The van der Waals surface area contributed by atoms with Gasteiger partial charge in [0.25, 0.3) is 5.91 Å². The van der Waals surface area contributed by atoms with Gasteiger partial charge < -0.3 is 10.4 Å². The molecule has 1 atom stereocenters. The van der Waals surface area contributed by atoms with Gasteiger partial charge in [-0.25, -0.2) is 5.48 Å². The van der Waals surface area contributed by atoms with Crippen molar-refractivity contribution in [2.45, 2.75) is 31.8 Å². The number of aliphatic hydroxyl groups is 1. The lowest BCUT2D eigenvalue weighted by atomic mass is 10.1. The number of rotatable bonds is 7. The third kappa shape index (κ3) is 5.98. The van der Waals surface area contributed by atoms with Crippen molar-refractivity contribution in [3.8, 4) is 0 Å². The van der Waals surface area contributed by atoms with E-state index in [1.54, 1.807) is 24.3 Å². The Kier molecular flexibility index (Phi) is 6.56. The molecule has 0 bridgehead atoms. The van der Waals surface area contributed by atoms with Crippen LogP contribution in [-0.4, -0.2) is 28.2 Å². The maximum Gasteiger partial charge on any atom is 0.253 e. The van der Waals surface area contributed by atoms with Gasteiger partial charge in [0.15, 0.2) is 0 Å². The number of aliphatic hydroxyl groups excluding tert-OH is 1. The number of hydrogen-bond donors (Lipinski definition) is 4. The van der Waals surface area contributed by atoms with Crippen LogP contribution in [0.5, 0.6) is 0 Å². The molecule has 2 amide bonds. The van der Waals surface area contributed by atoms with E-state index in [2.05, 4.69) is 5.32 Å². The van der Waals surface area contributed by atoms with Crippen molar-refractivity contribution in [3.05, 3.63) is 30.3 Å². The molecule has 6 nitrogen and oxygen atoms in total. The van der Waals surface area contributed by atoms with Crippen LogP contribution in [0.1, 0.15) is 25.7 Å². The second-order valence-corrected chi connectivity index (χ2v) is 4.15. The summed E-state index contributed by atoms with van der Waals surface area (Å²) in [5.41, 5.74) is 2.16. The summed E-state index contributed by atoms with van der Waals surface area (Å²) in [7, 11) is 0. The summed E-state index contributed by atoms with van der Waals surface area (Å²) >= 11 is 0. The normalized spacial score (nSPS) is 11.7. The van der Waals surface area contributed by atoms with E-state index < -0.39 is 17.9 Å². The number of benzene rings is 1. The average Bonchev–Trinajstić information content (AvgIpc) is 2.44. The van der Waals surface area contributed by atoms with Crippen LogP contribution in [0.4, 0.5) is 5.69 Å². The molecule has 1 aromatic rings. The van der Waals surface area contributed by atoms with E-state index >= 15 is 0 Å². The molecule has 0 aliphatic rings. The molecular weight excluding hydrogens is 248 g/mol. The minimum atomic E-state index is -1.10. The second kappa shape index (κ2) is 8.23. The van der Waals surface area contributed by atoms with Crippen LogP contribution < -0.4 is 10.8 Å². The highest BCUT2D eigenvalue weighted by Gasteiger charge is 2.14. The Morgan fingerprint density at radius 2 is 1.84 bits per heavy atom. The zero-order valence-corrected chi connectivity index (χ0v) is 10.5. The fourth-order valence-electron chi connectivity index (χ4n) is 1.56. The van der Waals surface area contributed by atoms with Crippen molar-refractivity contribution in [3.63, 3.8) is 0 Å². The van der Waals surface area contributed by atoms with Gasteiger partial charge in [-0.2, -0.15) is 0 Å². The Balaban J connectivity index is 2.24. The van der Waals surface area contributed by atoms with Crippen LogP contribution in [-0.2, 0) is 9.59 Å². The van der Waals surface area contributed by atoms with E-state index in [1.165, 1.54) is 5.48 Å². The molecule has 0 fully saturated rings. The molecule has 0 spiro atoms. The van der Waals surface area contributed by atoms with Crippen molar-refractivity contribution < 1.29 is 19.9 Å². The summed E-state index contributed by atoms with van der Waals surface area (Å²) in [6.45, 7) is 0. The number of hydroxylamine groups is 1. The highest BCUT2D eigenvalue weighted by molar-refractivity contribution is 5.93. The van der Waals surface area contributed by atoms with Crippen molar-refractivity contribution in [2.75, 3.05) is 5.32 Å². The lowest BCUT2D eigenvalue weighted by Gasteiger charge is -2.11. The predicted molar refractivity (Wildman–Crippen MR) is 69.5 cm³/mol. The number of hydrogen-bond acceptors (Lipinski definition) is 4. The van der Waals surface area contributed by atoms with E-state index in [9.17, 15) is 14.7 Å². The van der Waals surface area contributed by atoms with Gasteiger partial charge in [-0.15, -0.1) is 0 Å². The molecule has 19 heavy (non-hydrogen) atoms. The Morgan fingerprint density at radius 1 is 1.16 bits per heavy atom. The Labute approximate surface area is 111 Å². The number of unbranched alkanes of at least 4 members (excludes halogenated alkanes) is 1. The first kappa shape index (κ1) is 15.1. The minimum absolute atomic E-state index is 0.170. The molecule has 104 valence electrons. The van der Waals surface area contributed by atoms with E-state index in [1.807, 2.05) is 6.07 Å². The SMILES string of the molecule is O=C(CCCCC(O)C(=O)Nc1ccccc1)NO. The van der Waals surface area contributed by atoms with E-state index in [0.29, 0.717) is 18.5 Å². The first-order valence-electron chi connectivity index (χ1n) is 6.10. The Morgan fingerprint density at radius 3 is 2.47 bits per heavy atom. The van der Waals surface area contributed by atoms with E-state index in [0.717, 1.165) is 0 Å². The zero-order chi connectivity index (χ0) is 14.1. The summed E-state index contributed by atoms with van der Waals surface area (Å²) in [5.74, 6) is -0.930. The Hall–Kier alpha value is -1.92. The van der Waals surface area contributed by atoms with Gasteiger partial charge >= 0.3 is 0 Å². The van der Waals surface area contributed by atoms with Gasteiger partial charge in [0.05, 0.1) is 0 Å². The monoisotopic (exact) mass is 266 g/mol. The summed E-state index contributed by atoms with van der Waals surface area (Å²) < 4.78 is 0. The lowest BCUT2D eigenvalue weighted by molar-refractivity contribution is -0.129. The third-order valence-corrected chi connectivity index (χ3v) is 2.60. The zero-order valence-electron chi connectivity index (χ0n) is 10.5. The number of para-hydroxylation sites is 1. The lowest BCUT2D eigenvalue weighted by Crippen LogP contribution is -2.27. The first-order chi connectivity index (χ1) is 9.13. The molecule has 1 unspecified atom stereocenters. The van der Waals surface area contributed by atoms with Crippen LogP contribution in [0.2, 0.25) is 0 Å². The van der Waals surface area contributed by atoms with E-state index in [4.69, 9.17) is 5.21 Å². The Bertz CT molecular complexity index is 408. The predicted octanol–water partition coefficient (Wildman–Crippen LogP) is 1.05. The van der Waals surface area contributed by atoms with Gasteiger partial charge in [0.1, 0.15) is 6.10 Å². The molecule has 0 heterocycles. The topological polar surface area (TPSA) is 98.7 Å². The number of carbonyl (C=O) groups excluding carboxylic acids is 2. The molecule has 0 saturated carbocycles. The molecule has 0 radical (unpaired) electrons. The highest BCUT2D eigenvalue weighted by atomic mass is 16.5. The van der Waals surface area contributed by atoms with Crippen molar-refractivity contribution in [1.82, 2.24) is 5.48 Å². The molecular formula is C13H18N2O4. The summed E-state index contributed by atoms with van der Waals surface area (Å²) in [6.07, 6.45) is 0.372. The van der Waals surface area contributed by atoms with Crippen LogP contribution >= 0.6 is 0 Å². The van der Waals surface area contributed by atoms with Crippen LogP contribution in [0, 0.1) is 0 Å². The first-order valence-corrected chi connectivity index (χ1v) is 6.10. The van der Waals surface area contributed by atoms with Gasteiger partial charge in [-0.3, -0.25) is 14.8 Å². The largest absolute Gasteiger partial charge is 0.383 e.